The van der Waals surface area contributed by atoms with Crippen LogP contribution in [0.3, 0.4) is 0 Å². The average Bonchev–Trinajstić information content (AvgIpc) is 3.04. The third-order valence-electron chi connectivity index (χ3n) is 4.44. The van der Waals surface area contributed by atoms with Gasteiger partial charge in [0.25, 0.3) is 0 Å². The van der Waals surface area contributed by atoms with E-state index in [1.165, 1.54) is 0 Å². The smallest absolute Gasteiger partial charge is 0.220 e. The fourth-order valence-electron chi connectivity index (χ4n) is 3.09. The molecule has 3 rings (SSSR count). The maximum absolute atomic E-state index is 12.5. The molecule has 0 spiro atoms. The van der Waals surface area contributed by atoms with Crippen molar-refractivity contribution in [2.75, 3.05) is 6.54 Å². The first-order valence-electron chi connectivity index (χ1n) is 8.73. The molecule has 1 amide bonds. The highest BCUT2D eigenvalue weighted by atomic mass is 35.5. The lowest BCUT2D eigenvalue weighted by Crippen LogP contribution is -2.28. The number of nitrogens with one attached hydrogen (secondary N) is 2. The Morgan fingerprint density at radius 3 is 2.62 bits per heavy atom. The largest absolute Gasteiger partial charge is 0.361 e. The van der Waals surface area contributed by atoms with E-state index in [4.69, 9.17) is 23.2 Å². The summed E-state index contributed by atoms with van der Waals surface area (Å²) in [6.45, 7) is 4.83. The van der Waals surface area contributed by atoms with Gasteiger partial charge < -0.3 is 10.3 Å². The summed E-state index contributed by atoms with van der Waals surface area (Å²) >= 11 is 12.3. The normalized spacial score (nSPS) is 12.5. The number of para-hydroxylation sites is 1. The summed E-state index contributed by atoms with van der Waals surface area (Å²) in [5.74, 6) is 0.337. The number of hydrogen-bond donors (Lipinski definition) is 2. The topological polar surface area (TPSA) is 44.9 Å². The molecule has 3 nitrogen and oxygen atoms in total. The van der Waals surface area contributed by atoms with Gasteiger partial charge in [0, 0.05) is 36.0 Å². The predicted octanol–water partition coefficient (Wildman–Crippen LogP) is 5.77. The van der Waals surface area contributed by atoms with Gasteiger partial charge in [-0.25, -0.2) is 0 Å². The number of benzene rings is 2. The van der Waals surface area contributed by atoms with E-state index in [1.807, 2.05) is 36.5 Å². The molecule has 0 unspecified atom stereocenters. The maximum atomic E-state index is 12.5. The SMILES string of the molecule is CC(C)CNC(=O)C[C@H](c1ccc(Cl)c(Cl)c1)c1c[nH]c2ccccc12. The number of aromatic nitrogens is 1. The molecule has 2 aromatic carbocycles. The van der Waals surface area contributed by atoms with E-state index < -0.39 is 0 Å². The van der Waals surface area contributed by atoms with Crippen LogP contribution < -0.4 is 5.32 Å². The molecular weight excluding hydrogens is 367 g/mol. The van der Waals surface area contributed by atoms with Crippen molar-refractivity contribution < 1.29 is 4.79 Å². The summed E-state index contributed by atoms with van der Waals surface area (Å²) in [5.41, 5.74) is 3.11. The summed E-state index contributed by atoms with van der Waals surface area (Å²) in [4.78, 5) is 15.8. The maximum Gasteiger partial charge on any atom is 0.220 e. The fourth-order valence-corrected chi connectivity index (χ4v) is 3.40. The molecule has 26 heavy (non-hydrogen) atoms. The number of rotatable bonds is 6. The minimum atomic E-state index is -0.104. The van der Waals surface area contributed by atoms with E-state index in [0.29, 0.717) is 28.9 Å². The lowest BCUT2D eigenvalue weighted by molar-refractivity contribution is -0.121. The lowest BCUT2D eigenvalue weighted by atomic mass is 9.88. The number of halogens is 2. The van der Waals surface area contributed by atoms with Crippen LogP contribution in [-0.2, 0) is 4.79 Å². The average molecular weight is 389 g/mol. The molecule has 0 bridgehead atoms. The van der Waals surface area contributed by atoms with Gasteiger partial charge in [0.1, 0.15) is 0 Å². The molecule has 3 aromatic rings. The van der Waals surface area contributed by atoms with Crippen LogP contribution >= 0.6 is 23.2 Å². The van der Waals surface area contributed by atoms with E-state index in [-0.39, 0.29) is 11.8 Å². The van der Waals surface area contributed by atoms with Gasteiger partial charge in [-0.1, -0.05) is 61.3 Å². The second-order valence-electron chi connectivity index (χ2n) is 6.92. The Bertz CT molecular complexity index is 917. The number of amides is 1. The molecule has 1 heterocycles. The van der Waals surface area contributed by atoms with Gasteiger partial charge in [0.05, 0.1) is 10.0 Å². The quantitative estimate of drug-likeness (QED) is 0.552. The Morgan fingerprint density at radius 1 is 1.12 bits per heavy atom. The van der Waals surface area contributed by atoms with Crippen molar-refractivity contribution in [1.82, 2.24) is 10.3 Å². The fraction of sp³-hybridized carbons (Fsp3) is 0.286. The summed E-state index contributed by atoms with van der Waals surface area (Å²) in [6, 6.07) is 13.7. The summed E-state index contributed by atoms with van der Waals surface area (Å²) < 4.78 is 0. The number of hydrogen-bond acceptors (Lipinski definition) is 1. The highest BCUT2D eigenvalue weighted by Gasteiger charge is 2.22. The third kappa shape index (κ3) is 4.22. The van der Waals surface area contributed by atoms with E-state index in [0.717, 1.165) is 22.0 Å². The standard InChI is InChI=1S/C21H22Cl2N2O/c1-13(2)11-25-21(26)10-16(14-7-8-18(22)19(23)9-14)17-12-24-20-6-4-3-5-15(17)20/h3-9,12-13,16,24H,10-11H2,1-2H3,(H,25,26)/t16-/m1/s1. The van der Waals surface area contributed by atoms with Crippen LogP contribution in [-0.4, -0.2) is 17.4 Å². The van der Waals surface area contributed by atoms with Crippen LogP contribution in [0.4, 0.5) is 0 Å². The van der Waals surface area contributed by atoms with Crippen LogP contribution in [0.2, 0.25) is 10.0 Å². The van der Waals surface area contributed by atoms with Crippen LogP contribution in [0.5, 0.6) is 0 Å². The second kappa shape index (κ2) is 8.15. The summed E-state index contributed by atoms with van der Waals surface area (Å²) in [5, 5.41) is 5.13. The highest BCUT2D eigenvalue weighted by Crippen LogP contribution is 2.36. The van der Waals surface area contributed by atoms with Crippen molar-refractivity contribution in [2.45, 2.75) is 26.2 Å². The lowest BCUT2D eigenvalue weighted by Gasteiger charge is -2.18. The molecule has 0 radical (unpaired) electrons. The number of aromatic amines is 1. The molecular formula is C21H22Cl2N2O. The number of carbonyl (C=O) groups is 1. The molecule has 0 fully saturated rings. The van der Waals surface area contributed by atoms with Crippen molar-refractivity contribution in [2.24, 2.45) is 5.92 Å². The Kier molecular flexibility index (Phi) is 5.90. The molecule has 2 N–H and O–H groups in total. The monoisotopic (exact) mass is 388 g/mol. The van der Waals surface area contributed by atoms with Gasteiger partial charge in [0.15, 0.2) is 0 Å². The van der Waals surface area contributed by atoms with Gasteiger partial charge >= 0.3 is 0 Å². The van der Waals surface area contributed by atoms with Gasteiger partial charge in [-0.05, 0) is 35.2 Å². The van der Waals surface area contributed by atoms with E-state index in [9.17, 15) is 4.79 Å². The number of fused-ring (bicyclic) bond motifs is 1. The second-order valence-corrected chi connectivity index (χ2v) is 7.73. The van der Waals surface area contributed by atoms with Crippen molar-refractivity contribution in [3.63, 3.8) is 0 Å². The van der Waals surface area contributed by atoms with Crippen LogP contribution in [0, 0.1) is 5.92 Å². The summed E-state index contributed by atoms with van der Waals surface area (Å²) in [7, 11) is 0. The first-order valence-corrected chi connectivity index (χ1v) is 9.49. The molecule has 1 aromatic heterocycles. The molecule has 0 saturated carbocycles. The first kappa shape index (κ1) is 18.8. The van der Waals surface area contributed by atoms with E-state index in [1.54, 1.807) is 6.07 Å². The molecule has 0 aliphatic heterocycles. The van der Waals surface area contributed by atoms with Gasteiger partial charge in [-0.15, -0.1) is 0 Å². The molecule has 1 atom stereocenters. The van der Waals surface area contributed by atoms with Crippen molar-refractivity contribution in [3.05, 3.63) is 69.8 Å². The van der Waals surface area contributed by atoms with E-state index in [2.05, 4.69) is 30.2 Å². The highest BCUT2D eigenvalue weighted by molar-refractivity contribution is 6.42. The molecule has 0 aliphatic carbocycles. The minimum absolute atomic E-state index is 0.0278. The van der Waals surface area contributed by atoms with Crippen LogP contribution in [0.1, 0.15) is 37.3 Å². The van der Waals surface area contributed by atoms with Gasteiger partial charge in [0.2, 0.25) is 5.91 Å². The predicted molar refractivity (Wildman–Crippen MR) is 109 cm³/mol. The van der Waals surface area contributed by atoms with Crippen molar-refractivity contribution >= 4 is 40.0 Å². The van der Waals surface area contributed by atoms with Gasteiger partial charge in [-0.2, -0.15) is 0 Å². The zero-order chi connectivity index (χ0) is 18.7. The van der Waals surface area contributed by atoms with Crippen LogP contribution in [0.15, 0.2) is 48.7 Å². The Hall–Kier alpha value is -1.97. The molecule has 5 heteroatoms. The van der Waals surface area contributed by atoms with Crippen molar-refractivity contribution in [3.8, 4) is 0 Å². The Balaban J connectivity index is 1.98. The molecule has 0 saturated heterocycles. The number of H-pyrrole nitrogens is 1. The first-order chi connectivity index (χ1) is 12.5. The minimum Gasteiger partial charge on any atom is -0.361 e. The molecule has 0 aliphatic rings. The molecule has 136 valence electrons. The number of carbonyl (C=O) groups excluding carboxylic acids is 1. The van der Waals surface area contributed by atoms with Gasteiger partial charge in [-0.3, -0.25) is 4.79 Å². The van der Waals surface area contributed by atoms with Crippen molar-refractivity contribution in [1.29, 1.82) is 0 Å². The third-order valence-corrected chi connectivity index (χ3v) is 5.18. The zero-order valence-corrected chi connectivity index (χ0v) is 16.4. The van der Waals surface area contributed by atoms with E-state index >= 15 is 0 Å². The van der Waals surface area contributed by atoms with Crippen LogP contribution in [0.25, 0.3) is 10.9 Å². The zero-order valence-electron chi connectivity index (χ0n) is 14.9. The summed E-state index contributed by atoms with van der Waals surface area (Å²) in [6.07, 6.45) is 2.33. The Labute approximate surface area is 163 Å². The Morgan fingerprint density at radius 2 is 1.88 bits per heavy atom.